The summed E-state index contributed by atoms with van der Waals surface area (Å²) in [4.78, 5) is 11.8. The molecule has 2 unspecified atom stereocenters. The molecule has 0 heterocycles. The maximum atomic E-state index is 11.8. The van der Waals surface area contributed by atoms with E-state index in [9.17, 15) is 9.90 Å². The first-order valence-electron chi connectivity index (χ1n) is 5.41. The first-order chi connectivity index (χ1) is 7.66. The summed E-state index contributed by atoms with van der Waals surface area (Å²) in [5.41, 5.74) is 0.796. The Morgan fingerprint density at radius 2 is 2.00 bits per heavy atom. The number of rotatable bonds is 2. The van der Waals surface area contributed by atoms with Crippen LogP contribution < -0.4 is 5.32 Å². The molecule has 86 valence electrons. The summed E-state index contributed by atoms with van der Waals surface area (Å²) < 4.78 is 1.14. The van der Waals surface area contributed by atoms with E-state index >= 15 is 0 Å². The highest BCUT2D eigenvalue weighted by Gasteiger charge is 2.31. The quantitative estimate of drug-likeness (QED) is 0.818. The standard InChI is InChI=1S/C12H14INO2/c13-8-4-6-9(7-5-8)14-12(16)10-2-1-3-11(10)15/h4-7,10-11,15H,1-3H2,(H,14,16). The second-order valence-electron chi connectivity index (χ2n) is 4.10. The number of benzene rings is 1. The van der Waals surface area contributed by atoms with Crippen LogP contribution in [-0.2, 0) is 4.79 Å². The van der Waals surface area contributed by atoms with E-state index in [-0.39, 0.29) is 11.8 Å². The molecule has 4 heteroatoms. The van der Waals surface area contributed by atoms with Crippen molar-refractivity contribution < 1.29 is 9.90 Å². The molecule has 1 aromatic carbocycles. The van der Waals surface area contributed by atoms with Gasteiger partial charge in [-0.05, 0) is 66.1 Å². The smallest absolute Gasteiger partial charge is 0.230 e. The number of hydrogen-bond acceptors (Lipinski definition) is 2. The third-order valence-electron chi connectivity index (χ3n) is 2.93. The lowest BCUT2D eigenvalue weighted by Crippen LogP contribution is -2.28. The molecule has 1 fully saturated rings. The van der Waals surface area contributed by atoms with Crippen LogP contribution in [0.3, 0.4) is 0 Å². The van der Waals surface area contributed by atoms with Gasteiger partial charge in [-0.3, -0.25) is 4.79 Å². The molecule has 0 spiro atoms. The van der Waals surface area contributed by atoms with Gasteiger partial charge in [0.2, 0.25) is 5.91 Å². The van der Waals surface area contributed by atoms with Crippen LogP contribution in [0.25, 0.3) is 0 Å². The van der Waals surface area contributed by atoms with E-state index < -0.39 is 6.10 Å². The molecule has 2 rings (SSSR count). The number of anilines is 1. The highest BCUT2D eigenvalue weighted by molar-refractivity contribution is 14.1. The molecule has 0 aromatic heterocycles. The lowest BCUT2D eigenvalue weighted by molar-refractivity contribution is -0.122. The third-order valence-corrected chi connectivity index (χ3v) is 3.65. The SMILES string of the molecule is O=C(Nc1ccc(I)cc1)C1CCCC1O. The van der Waals surface area contributed by atoms with Gasteiger partial charge in [-0.1, -0.05) is 0 Å². The topological polar surface area (TPSA) is 49.3 Å². The van der Waals surface area contributed by atoms with Gasteiger partial charge >= 0.3 is 0 Å². The summed E-state index contributed by atoms with van der Waals surface area (Å²) in [6, 6.07) is 7.64. The minimum atomic E-state index is -0.469. The molecular formula is C12H14INO2. The summed E-state index contributed by atoms with van der Waals surface area (Å²) in [5, 5.41) is 12.5. The summed E-state index contributed by atoms with van der Waals surface area (Å²) in [6.07, 6.45) is 2.00. The monoisotopic (exact) mass is 331 g/mol. The van der Waals surface area contributed by atoms with E-state index in [1.54, 1.807) is 0 Å². The van der Waals surface area contributed by atoms with Gasteiger partial charge in [0.25, 0.3) is 0 Å². The van der Waals surface area contributed by atoms with Gasteiger partial charge in [-0.15, -0.1) is 0 Å². The van der Waals surface area contributed by atoms with E-state index in [1.165, 1.54) is 0 Å². The summed E-state index contributed by atoms with van der Waals surface area (Å²) >= 11 is 2.22. The van der Waals surface area contributed by atoms with Crippen LogP contribution >= 0.6 is 22.6 Å². The van der Waals surface area contributed by atoms with Crippen LogP contribution in [0.1, 0.15) is 19.3 Å². The molecule has 1 saturated carbocycles. The van der Waals surface area contributed by atoms with Gasteiger partial charge in [0, 0.05) is 9.26 Å². The van der Waals surface area contributed by atoms with Gasteiger partial charge in [-0.25, -0.2) is 0 Å². The molecule has 0 aliphatic heterocycles. The zero-order chi connectivity index (χ0) is 11.5. The van der Waals surface area contributed by atoms with E-state index in [4.69, 9.17) is 0 Å². The summed E-state index contributed by atoms with van der Waals surface area (Å²) in [5.74, 6) is -0.300. The third kappa shape index (κ3) is 2.74. The minimum Gasteiger partial charge on any atom is -0.392 e. The van der Waals surface area contributed by atoms with Crippen molar-refractivity contribution in [3.05, 3.63) is 27.8 Å². The van der Waals surface area contributed by atoms with Gasteiger partial charge in [0.05, 0.1) is 12.0 Å². The molecule has 0 bridgehead atoms. The molecule has 1 aliphatic carbocycles. The molecule has 1 amide bonds. The van der Waals surface area contributed by atoms with Gasteiger partial charge in [0.15, 0.2) is 0 Å². The van der Waals surface area contributed by atoms with Crippen molar-refractivity contribution in [2.24, 2.45) is 5.92 Å². The Bertz CT molecular complexity index is 377. The molecule has 0 radical (unpaired) electrons. The van der Waals surface area contributed by atoms with Crippen molar-refractivity contribution in [1.82, 2.24) is 0 Å². The number of nitrogens with one attached hydrogen (secondary N) is 1. The lowest BCUT2D eigenvalue weighted by Gasteiger charge is -2.14. The number of carbonyl (C=O) groups is 1. The van der Waals surface area contributed by atoms with Crippen molar-refractivity contribution >= 4 is 34.2 Å². The zero-order valence-corrected chi connectivity index (χ0v) is 11.0. The first kappa shape index (κ1) is 11.9. The first-order valence-corrected chi connectivity index (χ1v) is 6.49. The Balaban J connectivity index is 1.99. The number of aliphatic hydroxyl groups excluding tert-OH is 1. The van der Waals surface area contributed by atoms with E-state index in [2.05, 4.69) is 27.9 Å². The highest BCUT2D eigenvalue weighted by atomic mass is 127. The normalized spacial score (nSPS) is 24.4. The fourth-order valence-corrected chi connectivity index (χ4v) is 2.37. The average molecular weight is 331 g/mol. The van der Waals surface area contributed by atoms with Crippen LogP contribution in [0.15, 0.2) is 24.3 Å². The highest BCUT2D eigenvalue weighted by Crippen LogP contribution is 2.26. The van der Waals surface area contributed by atoms with Crippen LogP contribution in [0, 0.1) is 9.49 Å². The predicted molar refractivity (Wildman–Crippen MR) is 71.1 cm³/mol. The van der Waals surface area contributed by atoms with E-state index in [0.717, 1.165) is 28.5 Å². The van der Waals surface area contributed by atoms with Gasteiger partial charge < -0.3 is 10.4 Å². The number of aliphatic hydroxyl groups is 1. The molecular weight excluding hydrogens is 317 g/mol. The second kappa shape index (κ2) is 5.14. The van der Waals surface area contributed by atoms with Crippen molar-refractivity contribution in [3.63, 3.8) is 0 Å². The summed E-state index contributed by atoms with van der Waals surface area (Å²) in [7, 11) is 0. The number of hydrogen-bond donors (Lipinski definition) is 2. The molecule has 0 saturated heterocycles. The van der Waals surface area contributed by atoms with Crippen LogP contribution in [0.2, 0.25) is 0 Å². The Hall–Kier alpha value is -0.620. The van der Waals surface area contributed by atoms with Crippen LogP contribution in [0.4, 0.5) is 5.69 Å². The fraction of sp³-hybridized carbons (Fsp3) is 0.417. The number of halogens is 1. The van der Waals surface area contributed by atoms with E-state index in [0.29, 0.717) is 0 Å². The molecule has 2 N–H and O–H groups in total. The molecule has 1 aromatic rings. The molecule has 2 atom stereocenters. The zero-order valence-electron chi connectivity index (χ0n) is 8.82. The van der Waals surface area contributed by atoms with Crippen molar-refractivity contribution in [1.29, 1.82) is 0 Å². The van der Waals surface area contributed by atoms with Crippen molar-refractivity contribution in [2.75, 3.05) is 5.32 Å². The van der Waals surface area contributed by atoms with E-state index in [1.807, 2.05) is 24.3 Å². The molecule has 1 aliphatic rings. The Kier molecular flexibility index (Phi) is 3.81. The lowest BCUT2D eigenvalue weighted by atomic mass is 10.1. The Morgan fingerprint density at radius 1 is 1.31 bits per heavy atom. The Morgan fingerprint density at radius 3 is 2.56 bits per heavy atom. The molecule has 16 heavy (non-hydrogen) atoms. The summed E-state index contributed by atoms with van der Waals surface area (Å²) in [6.45, 7) is 0. The van der Waals surface area contributed by atoms with Crippen molar-refractivity contribution in [3.8, 4) is 0 Å². The molecule has 3 nitrogen and oxygen atoms in total. The minimum absolute atomic E-state index is 0.0637. The Labute approximate surface area is 108 Å². The number of carbonyl (C=O) groups excluding carboxylic acids is 1. The maximum Gasteiger partial charge on any atom is 0.230 e. The predicted octanol–water partition coefficient (Wildman–Crippen LogP) is 2.39. The average Bonchev–Trinajstić information content (AvgIpc) is 2.68. The number of amides is 1. The second-order valence-corrected chi connectivity index (χ2v) is 5.35. The maximum absolute atomic E-state index is 11.8. The van der Waals surface area contributed by atoms with Crippen LogP contribution in [0.5, 0.6) is 0 Å². The van der Waals surface area contributed by atoms with Crippen LogP contribution in [-0.4, -0.2) is 17.1 Å². The largest absolute Gasteiger partial charge is 0.392 e. The van der Waals surface area contributed by atoms with Gasteiger partial charge in [0.1, 0.15) is 0 Å². The van der Waals surface area contributed by atoms with Crippen molar-refractivity contribution in [2.45, 2.75) is 25.4 Å². The fourth-order valence-electron chi connectivity index (χ4n) is 2.01. The van der Waals surface area contributed by atoms with Gasteiger partial charge in [-0.2, -0.15) is 0 Å².